The average molecular weight is 247 g/mol. The molecule has 0 saturated heterocycles. The minimum atomic E-state index is -0.514. The highest BCUT2D eigenvalue weighted by Gasteiger charge is 2.18. The maximum atomic E-state index is 11.3. The Labute approximate surface area is 104 Å². The van der Waals surface area contributed by atoms with E-state index in [1.807, 2.05) is 25.7 Å². The molecule has 2 atom stereocenters. The van der Waals surface area contributed by atoms with Crippen LogP contribution in [0.3, 0.4) is 0 Å². The number of carbonyl (C=O) groups excluding carboxylic acids is 1. The number of aliphatic hydroxyl groups excluding tert-OH is 1. The zero-order chi connectivity index (χ0) is 13.3. The first kappa shape index (κ1) is 16.4. The summed E-state index contributed by atoms with van der Waals surface area (Å²) in [6.45, 7) is 8.53. The summed E-state index contributed by atoms with van der Waals surface area (Å²) in [6.07, 6.45) is -0.514. The van der Waals surface area contributed by atoms with Crippen molar-refractivity contribution in [2.24, 2.45) is 5.92 Å². The van der Waals surface area contributed by atoms with Gasteiger partial charge >= 0.3 is 5.97 Å². The largest absolute Gasteiger partial charge is 0.469 e. The van der Waals surface area contributed by atoms with E-state index in [0.717, 1.165) is 6.54 Å². The Hall–Kier alpha value is -0.650. The van der Waals surface area contributed by atoms with Gasteiger partial charge in [0.15, 0.2) is 0 Å². The van der Waals surface area contributed by atoms with Crippen molar-refractivity contribution >= 4 is 5.97 Å². The molecule has 0 amide bonds. The van der Waals surface area contributed by atoms with Crippen LogP contribution in [0.15, 0.2) is 0 Å². The highest BCUT2D eigenvalue weighted by atomic mass is 16.5. The molecule has 0 radical (unpaired) electrons. The molecule has 0 aromatic rings. The molecule has 0 heterocycles. The molecule has 0 fully saturated rings. The molecule has 0 rings (SSSR count). The van der Waals surface area contributed by atoms with Crippen molar-refractivity contribution in [2.45, 2.75) is 26.9 Å². The van der Waals surface area contributed by atoms with Crippen molar-refractivity contribution in [1.29, 1.82) is 0 Å². The van der Waals surface area contributed by atoms with E-state index in [4.69, 9.17) is 4.74 Å². The van der Waals surface area contributed by atoms with Crippen molar-refractivity contribution in [3.63, 3.8) is 0 Å². The van der Waals surface area contributed by atoms with Gasteiger partial charge in [-0.05, 0) is 13.5 Å². The lowest BCUT2D eigenvalue weighted by atomic mass is 10.1. The van der Waals surface area contributed by atoms with Gasteiger partial charge in [0.25, 0.3) is 0 Å². The third-order valence-corrected chi connectivity index (χ3v) is 2.57. The fourth-order valence-corrected chi connectivity index (χ4v) is 1.60. The minimum absolute atomic E-state index is 0.181. The van der Waals surface area contributed by atoms with E-state index in [1.165, 1.54) is 7.11 Å². The van der Waals surface area contributed by atoms with Gasteiger partial charge in [0.1, 0.15) is 0 Å². The van der Waals surface area contributed by atoms with Crippen LogP contribution in [0.5, 0.6) is 0 Å². The van der Waals surface area contributed by atoms with Crippen molar-refractivity contribution in [3.8, 4) is 0 Å². The fraction of sp³-hybridized carbons (Fsp3) is 0.917. The molecule has 102 valence electrons. The molecule has 0 aliphatic rings. The van der Waals surface area contributed by atoms with E-state index in [-0.39, 0.29) is 11.9 Å². The standard InChI is InChI=1S/C12H25NO4/c1-5-13(7-10(3)12(15)16-4)8-11(14)9-17-6-2/h10-11,14H,5-9H2,1-4H3. The number of nitrogens with zero attached hydrogens (tertiary/aromatic N) is 1. The molecule has 2 unspecified atom stereocenters. The van der Waals surface area contributed by atoms with Crippen LogP contribution in [-0.4, -0.2) is 62.0 Å². The Kier molecular flexibility index (Phi) is 9.03. The van der Waals surface area contributed by atoms with Crippen LogP contribution >= 0.6 is 0 Å². The van der Waals surface area contributed by atoms with Gasteiger partial charge in [-0.3, -0.25) is 4.79 Å². The highest BCUT2D eigenvalue weighted by Crippen LogP contribution is 2.03. The van der Waals surface area contributed by atoms with E-state index in [9.17, 15) is 9.90 Å². The summed E-state index contributed by atoms with van der Waals surface area (Å²) in [5, 5.41) is 9.71. The Bertz CT molecular complexity index is 211. The second kappa shape index (κ2) is 9.39. The summed E-state index contributed by atoms with van der Waals surface area (Å²) in [7, 11) is 1.39. The molecule has 0 spiro atoms. The predicted octanol–water partition coefficient (Wildman–Crippen LogP) is 0.515. The third kappa shape index (κ3) is 7.31. The molecule has 0 aromatic heterocycles. The van der Waals surface area contributed by atoms with Crippen LogP contribution in [0.2, 0.25) is 0 Å². The molecule has 5 heteroatoms. The molecular formula is C12H25NO4. The number of hydrogen-bond donors (Lipinski definition) is 1. The second-order valence-corrected chi connectivity index (χ2v) is 4.09. The Morgan fingerprint density at radius 3 is 2.47 bits per heavy atom. The Morgan fingerprint density at radius 1 is 1.35 bits per heavy atom. The Morgan fingerprint density at radius 2 is 2.00 bits per heavy atom. The molecule has 5 nitrogen and oxygen atoms in total. The number of aliphatic hydroxyl groups is 1. The first-order valence-corrected chi connectivity index (χ1v) is 6.11. The van der Waals surface area contributed by atoms with Gasteiger partial charge < -0.3 is 19.5 Å². The van der Waals surface area contributed by atoms with Gasteiger partial charge in [0.05, 0.1) is 25.7 Å². The van der Waals surface area contributed by atoms with Crippen LogP contribution in [0.1, 0.15) is 20.8 Å². The van der Waals surface area contributed by atoms with Crippen molar-refractivity contribution in [3.05, 3.63) is 0 Å². The fourth-order valence-electron chi connectivity index (χ4n) is 1.60. The van der Waals surface area contributed by atoms with Gasteiger partial charge in [-0.25, -0.2) is 0 Å². The highest BCUT2D eigenvalue weighted by molar-refractivity contribution is 5.72. The number of esters is 1. The normalized spacial score (nSPS) is 14.7. The van der Waals surface area contributed by atoms with Crippen LogP contribution in [0.4, 0.5) is 0 Å². The molecule has 0 aliphatic heterocycles. The molecule has 1 N–H and O–H groups in total. The molecule has 0 saturated carbocycles. The smallest absolute Gasteiger partial charge is 0.309 e. The van der Waals surface area contributed by atoms with Gasteiger partial charge in [-0.15, -0.1) is 0 Å². The number of hydrogen-bond acceptors (Lipinski definition) is 5. The SMILES string of the molecule is CCOCC(O)CN(CC)CC(C)C(=O)OC. The summed E-state index contributed by atoms with van der Waals surface area (Å²) >= 11 is 0. The third-order valence-electron chi connectivity index (χ3n) is 2.57. The summed E-state index contributed by atoms with van der Waals surface area (Å²) in [5.41, 5.74) is 0. The first-order chi connectivity index (χ1) is 8.04. The maximum absolute atomic E-state index is 11.3. The van der Waals surface area contributed by atoms with Gasteiger partial charge in [0, 0.05) is 19.7 Å². The lowest BCUT2D eigenvalue weighted by Gasteiger charge is -2.25. The van der Waals surface area contributed by atoms with E-state index in [2.05, 4.69) is 4.74 Å². The van der Waals surface area contributed by atoms with Crippen molar-refractivity contribution in [2.75, 3.05) is 40.0 Å². The first-order valence-electron chi connectivity index (χ1n) is 6.11. The number of carbonyl (C=O) groups is 1. The Balaban J connectivity index is 4.02. The number of methoxy groups -OCH3 is 1. The molecular weight excluding hydrogens is 222 g/mol. The number of rotatable bonds is 9. The topological polar surface area (TPSA) is 59.0 Å². The molecule has 0 aromatic carbocycles. The van der Waals surface area contributed by atoms with Crippen LogP contribution in [0.25, 0.3) is 0 Å². The lowest BCUT2D eigenvalue weighted by molar-refractivity contribution is -0.145. The molecule has 17 heavy (non-hydrogen) atoms. The zero-order valence-electron chi connectivity index (χ0n) is 11.3. The van der Waals surface area contributed by atoms with Gasteiger partial charge in [-0.1, -0.05) is 13.8 Å². The van der Waals surface area contributed by atoms with E-state index in [1.54, 1.807) is 0 Å². The van der Waals surface area contributed by atoms with Crippen LogP contribution < -0.4 is 0 Å². The summed E-state index contributed by atoms with van der Waals surface area (Å²) < 4.78 is 9.82. The monoisotopic (exact) mass is 247 g/mol. The van der Waals surface area contributed by atoms with Gasteiger partial charge in [-0.2, -0.15) is 0 Å². The maximum Gasteiger partial charge on any atom is 0.309 e. The average Bonchev–Trinajstić information content (AvgIpc) is 2.34. The lowest BCUT2D eigenvalue weighted by Crippen LogP contribution is -2.39. The van der Waals surface area contributed by atoms with Gasteiger partial charge in [0.2, 0.25) is 0 Å². The van der Waals surface area contributed by atoms with E-state index in [0.29, 0.717) is 26.3 Å². The zero-order valence-corrected chi connectivity index (χ0v) is 11.3. The summed E-state index contributed by atoms with van der Waals surface area (Å²) in [6, 6.07) is 0. The summed E-state index contributed by atoms with van der Waals surface area (Å²) in [4.78, 5) is 13.3. The van der Waals surface area contributed by atoms with Crippen molar-refractivity contribution < 1.29 is 19.4 Å². The minimum Gasteiger partial charge on any atom is -0.469 e. The van der Waals surface area contributed by atoms with Crippen LogP contribution in [-0.2, 0) is 14.3 Å². The number of likely N-dealkylation sites (N-methyl/N-ethyl adjacent to an activating group) is 1. The van der Waals surface area contributed by atoms with E-state index < -0.39 is 6.10 Å². The van der Waals surface area contributed by atoms with Crippen molar-refractivity contribution in [1.82, 2.24) is 4.90 Å². The summed E-state index contributed by atoms with van der Waals surface area (Å²) in [5.74, 6) is -0.401. The van der Waals surface area contributed by atoms with Crippen LogP contribution in [0, 0.1) is 5.92 Å². The molecule has 0 bridgehead atoms. The predicted molar refractivity (Wildman–Crippen MR) is 65.8 cm³/mol. The number of ether oxygens (including phenoxy) is 2. The quantitative estimate of drug-likeness (QED) is 0.602. The van der Waals surface area contributed by atoms with E-state index >= 15 is 0 Å². The molecule has 0 aliphatic carbocycles. The second-order valence-electron chi connectivity index (χ2n) is 4.09.